The molecule has 0 amide bonds. The predicted molar refractivity (Wildman–Crippen MR) is 113 cm³/mol. The van der Waals surface area contributed by atoms with Gasteiger partial charge in [0.2, 0.25) is 0 Å². The zero-order valence-corrected chi connectivity index (χ0v) is 17.5. The van der Waals surface area contributed by atoms with E-state index in [4.69, 9.17) is 4.74 Å². The van der Waals surface area contributed by atoms with Gasteiger partial charge in [-0.25, -0.2) is 0 Å². The van der Waals surface area contributed by atoms with Crippen LogP contribution in [0.1, 0.15) is 31.2 Å². The molecule has 148 valence electrons. The molecule has 0 aliphatic heterocycles. The normalized spacial score (nSPS) is 12.1. The van der Waals surface area contributed by atoms with Gasteiger partial charge in [-0.1, -0.05) is 42.5 Å². The molecule has 0 atom stereocenters. The standard InChI is InChI=1S/C23H34N2O2/c1-24(2)17-9-15-23(22(26)27-5,16-10-18-25(3)4)21-14-8-12-19-11-6-7-13-20(19)21/h6-8,11-14H,9-10,15-18H2,1-5H3. The summed E-state index contributed by atoms with van der Waals surface area (Å²) in [4.78, 5) is 17.5. The van der Waals surface area contributed by atoms with Crippen LogP contribution in [0.2, 0.25) is 0 Å². The fourth-order valence-corrected chi connectivity index (χ4v) is 3.94. The van der Waals surface area contributed by atoms with Gasteiger partial charge in [0.15, 0.2) is 0 Å². The third-order valence-electron chi connectivity index (χ3n) is 5.30. The van der Waals surface area contributed by atoms with Gasteiger partial charge >= 0.3 is 5.97 Å². The summed E-state index contributed by atoms with van der Waals surface area (Å²) in [6.07, 6.45) is 3.49. The van der Waals surface area contributed by atoms with Crippen LogP contribution in [0.5, 0.6) is 0 Å². The van der Waals surface area contributed by atoms with Crippen molar-refractivity contribution in [2.45, 2.75) is 31.1 Å². The second-order valence-corrected chi connectivity index (χ2v) is 7.91. The first-order valence-electron chi connectivity index (χ1n) is 9.77. The van der Waals surface area contributed by atoms with Crippen molar-refractivity contribution in [1.82, 2.24) is 9.80 Å². The first kappa shape index (κ1) is 21.4. The van der Waals surface area contributed by atoms with Gasteiger partial charge in [-0.05, 0) is 83.3 Å². The van der Waals surface area contributed by atoms with E-state index in [1.54, 1.807) is 0 Å². The summed E-state index contributed by atoms with van der Waals surface area (Å²) in [6.45, 7) is 1.91. The molecule has 0 fully saturated rings. The van der Waals surface area contributed by atoms with Crippen molar-refractivity contribution in [2.24, 2.45) is 0 Å². The third-order valence-corrected chi connectivity index (χ3v) is 5.30. The van der Waals surface area contributed by atoms with E-state index in [1.807, 2.05) is 12.1 Å². The van der Waals surface area contributed by atoms with Crippen molar-refractivity contribution in [1.29, 1.82) is 0 Å². The Morgan fingerprint density at radius 3 is 2.00 bits per heavy atom. The molecule has 27 heavy (non-hydrogen) atoms. The maximum atomic E-state index is 13.2. The van der Waals surface area contributed by atoms with Crippen molar-refractivity contribution in [3.05, 3.63) is 48.0 Å². The number of carbonyl (C=O) groups excluding carboxylic acids is 1. The molecule has 2 rings (SSSR count). The van der Waals surface area contributed by atoms with Crippen molar-refractivity contribution in [2.75, 3.05) is 48.4 Å². The van der Waals surface area contributed by atoms with Gasteiger partial charge in [0.1, 0.15) is 0 Å². The monoisotopic (exact) mass is 370 g/mol. The number of carbonyl (C=O) groups is 1. The summed E-state index contributed by atoms with van der Waals surface area (Å²) in [5, 5.41) is 2.32. The minimum absolute atomic E-state index is 0.114. The van der Waals surface area contributed by atoms with Crippen LogP contribution in [0.3, 0.4) is 0 Å². The lowest BCUT2D eigenvalue weighted by Gasteiger charge is -2.33. The lowest BCUT2D eigenvalue weighted by atomic mass is 9.71. The third kappa shape index (κ3) is 5.30. The lowest BCUT2D eigenvalue weighted by Crippen LogP contribution is -2.38. The molecule has 0 aromatic heterocycles. The molecule has 0 unspecified atom stereocenters. The average molecular weight is 371 g/mol. The number of benzene rings is 2. The Labute approximate surface area is 164 Å². The molecule has 0 spiro atoms. The van der Waals surface area contributed by atoms with Gasteiger partial charge in [0, 0.05) is 0 Å². The van der Waals surface area contributed by atoms with Gasteiger partial charge in [-0.15, -0.1) is 0 Å². The topological polar surface area (TPSA) is 32.8 Å². The largest absolute Gasteiger partial charge is 0.468 e. The highest BCUT2D eigenvalue weighted by molar-refractivity contribution is 5.93. The van der Waals surface area contributed by atoms with Gasteiger partial charge < -0.3 is 14.5 Å². The predicted octanol–water partition coefficient (Wildman–Crippen LogP) is 3.93. The number of hydrogen-bond donors (Lipinski definition) is 0. The highest BCUT2D eigenvalue weighted by atomic mass is 16.5. The molecule has 4 nitrogen and oxygen atoms in total. The summed E-state index contributed by atoms with van der Waals surface area (Å²) in [6, 6.07) is 14.6. The Kier molecular flexibility index (Phi) is 7.81. The second kappa shape index (κ2) is 9.86. The molecule has 2 aromatic rings. The van der Waals surface area contributed by atoms with E-state index >= 15 is 0 Å². The van der Waals surface area contributed by atoms with E-state index < -0.39 is 5.41 Å². The van der Waals surface area contributed by atoms with Crippen molar-refractivity contribution in [3.63, 3.8) is 0 Å². The van der Waals surface area contributed by atoms with Crippen LogP contribution in [0.25, 0.3) is 10.8 Å². The van der Waals surface area contributed by atoms with Crippen molar-refractivity contribution >= 4 is 16.7 Å². The first-order chi connectivity index (χ1) is 12.9. The van der Waals surface area contributed by atoms with E-state index in [9.17, 15) is 4.79 Å². The SMILES string of the molecule is COC(=O)C(CCCN(C)C)(CCCN(C)C)c1cccc2ccccc12. The summed E-state index contributed by atoms with van der Waals surface area (Å²) in [5.41, 5.74) is 0.492. The minimum atomic E-state index is -0.609. The molecular weight excluding hydrogens is 336 g/mol. The summed E-state index contributed by atoms with van der Waals surface area (Å²) >= 11 is 0. The Hall–Kier alpha value is -1.91. The highest BCUT2D eigenvalue weighted by Crippen LogP contribution is 2.39. The van der Waals surface area contributed by atoms with Gasteiger partial charge in [0.05, 0.1) is 12.5 Å². The molecule has 0 saturated heterocycles. The van der Waals surface area contributed by atoms with Crippen LogP contribution in [0.15, 0.2) is 42.5 Å². The summed E-state index contributed by atoms with van der Waals surface area (Å²) < 4.78 is 5.37. The van der Waals surface area contributed by atoms with E-state index in [1.165, 1.54) is 12.5 Å². The highest BCUT2D eigenvalue weighted by Gasteiger charge is 2.41. The van der Waals surface area contributed by atoms with Crippen molar-refractivity contribution < 1.29 is 9.53 Å². The molecule has 0 aliphatic carbocycles. The minimum Gasteiger partial charge on any atom is -0.468 e. The maximum absolute atomic E-state index is 13.2. The van der Waals surface area contributed by atoms with E-state index in [-0.39, 0.29) is 5.97 Å². The van der Waals surface area contributed by atoms with Crippen molar-refractivity contribution in [3.8, 4) is 0 Å². The molecule has 0 aliphatic rings. The van der Waals surface area contributed by atoms with E-state index in [0.29, 0.717) is 0 Å². The molecule has 2 aromatic carbocycles. The van der Waals surface area contributed by atoms with Crippen LogP contribution in [-0.4, -0.2) is 64.2 Å². The lowest BCUT2D eigenvalue weighted by molar-refractivity contribution is -0.148. The molecule has 0 radical (unpaired) electrons. The molecule has 0 saturated carbocycles. The van der Waals surface area contributed by atoms with Gasteiger partial charge in [-0.2, -0.15) is 0 Å². The average Bonchev–Trinajstić information content (AvgIpc) is 2.65. The number of methoxy groups -OCH3 is 1. The second-order valence-electron chi connectivity index (χ2n) is 7.91. The van der Waals surface area contributed by atoms with Crippen LogP contribution in [0, 0.1) is 0 Å². The quantitative estimate of drug-likeness (QED) is 0.593. The number of ether oxygens (including phenoxy) is 1. The van der Waals surface area contributed by atoms with Gasteiger partial charge in [0.25, 0.3) is 0 Å². The maximum Gasteiger partial charge on any atom is 0.316 e. The van der Waals surface area contributed by atoms with Crippen LogP contribution < -0.4 is 0 Å². The van der Waals surface area contributed by atoms with Crippen LogP contribution in [-0.2, 0) is 14.9 Å². The Morgan fingerprint density at radius 1 is 0.889 bits per heavy atom. The fourth-order valence-electron chi connectivity index (χ4n) is 3.94. The van der Waals surface area contributed by atoms with Crippen LogP contribution >= 0.6 is 0 Å². The smallest absolute Gasteiger partial charge is 0.316 e. The fraction of sp³-hybridized carbons (Fsp3) is 0.522. The molecule has 0 N–H and O–H groups in total. The Balaban J connectivity index is 2.51. The van der Waals surface area contributed by atoms with E-state index in [2.05, 4.69) is 68.3 Å². The Bertz CT molecular complexity index is 721. The van der Waals surface area contributed by atoms with Gasteiger partial charge in [-0.3, -0.25) is 4.79 Å². The number of fused-ring (bicyclic) bond motifs is 1. The number of rotatable bonds is 10. The van der Waals surface area contributed by atoms with Crippen LogP contribution in [0.4, 0.5) is 0 Å². The number of nitrogens with zero attached hydrogens (tertiary/aromatic N) is 2. The molecular formula is C23H34N2O2. The molecule has 4 heteroatoms. The zero-order chi connectivity index (χ0) is 19.9. The Morgan fingerprint density at radius 2 is 1.44 bits per heavy atom. The first-order valence-corrected chi connectivity index (χ1v) is 9.77. The van der Waals surface area contributed by atoms with E-state index in [0.717, 1.165) is 49.7 Å². The zero-order valence-electron chi connectivity index (χ0n) is 17.5. The molecule has 0 heterocycles. The number of hydrogen-bond acceptors (Lipinski definition) is 4. The number of esters is 1. The summed E-state index contributed by atoms with van der Waals surface area (Å²) in [5.74, 6) is -0.114. The molecule has 0 bridgehead atoms. The summed E-state index contributed by atoms with van der Waals surface area (Å²) in [7, 11) is 9.81.